The minimum absolute atomic E-state index is 0.111. The number of para-hydroxylation sites is 1. The summed E-state index contributed by atoms with van der Waals surface area (Å²) in [5.41, 5.74) is 1.77. The molecule has 0 bridgehead atoms. The van der Waals surface area contributed by atoms with Crippen LogP contribution in [0, 0.1) is 5.82 Å². The number of aromatic nitrogens is 3. The third kappa shape index (κ3) is 3.31. The molecule has 0 aliphatic heterocycles. The molecule has 1 aromatic heterocycles. The van der Waals surface area contributed by atoms with Crippen molar-refractivity contribution in [3.05, 3.63) is 71.8 Å². The van der Waals surface area contributed by atoms with Crippen LogP contribution in [0.2, 0.25) is 0 Å². The van der Waals surface area contributed by atoms with E-state index in [0.717, 1.165) is 0 Å². The number of benzene rings is 2. The van der Waals surface area contributed by atoms with Crippen molar-refractivity contribution < 1.29 is 14.3 Å². The highest BCUT2D eigenvalue weighted by atomic mass is 19.1. The Morgan fingerprint density at radius 1 is 1.21 bits per heavy atom. The maximum absolute atomic E-state index is 12.9. The van der Waals surface area contributed by atoms with Crippen LogP contribution < -0.4 is 5.32 Å². The first-order chi connectivity index (χ1) is 11.5. The Kier molecular flexibility index (Phi) is 4.35. The number of carbonyl (C=O) groups is 1. The lowest BCUT2D eigenvalue weighted by Gasteiger charge is -2.11. The molecular formula is C17H15FN4O2. The number of anilines is 1. The molecule has 1 atom stereocenters. The maximum atomic E-state index is 12.9. The summed E-state index contributed by atoms with van der Waals surface area (Å²) < 4.78 is 12.9. The van der Waals surface area contributed by atoms with Gasteiger partial charge < -0.3 is 10.4 Å². The molecule has 0 saturated carbocycles. The van der Waals surface area contributed by atoms with E-state index >= 15 is 0 Å². The Morgan fingerprint density at radius 2 is 1.92 bits per heavy atom. The molecule has 3 rings (SSSR count). The number of halogens is 1. The van der Waals surface area contributed by atoms with Crippen molar-refractivity contribution in [2.75, 3.05) is 5.32 Å². The van der Waals surface area contributed by atoms with Gasteiger partial charge in [-0.2, -0.15) is 9.90 Å². The molecule has 0 fully saturated rings. The van der Waals surface area contributed by atoms with Crippen molar-refractivity contribution in [3.63, 3.8) is 0 Å². The third-order valence-corrected chi connectivity index (χ3v) is 3.44. The number of aliphatic hydroxyl groups is 1. The van der Waals surface area contributed by atoms with Crippen LogP contribution in [-0.4, -0.2) is 26.0 Å². The predicted octanol–water partition coefficient (Wildman–Crippen LogP) is 2.71. The monoisotopic (exact) mass is 326 g/mol. The number of amides is 1. The van der Waals surface area contributed by atoms with Gasteiger partial charge in [0.1, 0.15) is 5.82 Å². The normalized spacial score (nSPS) is 12.0. The molecule has 1 heterocycles. The summed E-state index contributed by atoms with van der Waals surface area (Å²) in [6.45, 7) is 1.62. The molecule has 0 spiro atoms. The van der Waals surface area contributed by atoms with Crippen LogP contribution in [-0.2, 0) is 0 Å². The summed E-state index contributed by atoms with van der Waals surface area (Å²) in [5.74, 6) is -0.810. The number of hydrogen-bond donors (Lipinski definition) is 2. The van der Waals surface area contributed by atoms with Crippen LogP contribution >= 0.6 is 0 Å². The fraction of sp³-hybridized carbons (Fsp3) is 0.118. The number of nitrogens with one attached hydrogen (secondary N) is 1. The van der Waals surface area contributed by atoms with Gasteiger partial charge in [-0.3, -0.25) is 4.79 Å². The maximum Gasteiger partial charge on any atom is 0.277 e. The first-order valence-electron chi connectivity index (χ1n) is 7.31. The lowest BCUT2D eigenvalue weighted by atomic mass is 10.1. The number of carbonyl (C=O) groups excluding carboxylic acids is 1. The van der Waals surface area contributed by atoms with Crippen molar-refractivity contribution in [2.45, 2.75) is 13.0 Å². The number of rotatable bonds is 4. The molecule has 1 amide bonds. The summed E-state index contributed by atoms with van der Waals surface area (Å²) in [4.78, 5) is 13.6. The van der Waals surface area contributed by atoms with E-state index in [4.69, 9.17) is 0 Å². The second-order valence-corrected chi connectivity index (χ2v) is 5.21. The van der Waals surface area contributed by atoms with Gasteiger partial charge in [-0.15, -0.1) is 5.10 Å². The fourth-order valence-electron chi connectivity index (χ4n) is 2.23. The van der Waals surface area contributed by atoms with Gasteiger partial charge in [0.25, 0.3) is 5.91 Å². The highest BCUT2D eigenvalue weighted by Gasteiger charge is 2.15. The van der Waals surface area contributed by atoms with Gasteiger partial charge in [0.2, 0.25) is 0 Å². The van der Waals surface area contributed by atoms with Gasteiger partial charge in [-0.1, -0.05) is 18.2 Å². The number of aliphatic hydroxyl groups excluding tert-OH is 1. The molecule has 122 valence electrons. The van der Waals surface area contributed by atoms with Crippen LogP contribution in [0.5, 0.6) is 0 Å². The summed E-state index contributed by atoms with van der Waals surface area (Å²) in [7, 11) is 0. The molecule has 0 saturated heterocycles. The van der Waals surface area contributed by atoms with Crippen molar-refractivity contribution in [1.29, 1.82) is 0 Å². The molecule has 0 aliphatic rings. The first kappa shape index (κ1) is 15.8. The van der Waals surface area contributed by atoms with Crippen molar-refractivity contribution >= 4 is 11.6 Å². The van der Waals surface area contributed by atoms with Crippen LogP contribution in [0.1, 0.15) is 29.1 Å². The number of hydrogen-bond acceptors (Lipinski definition) is 4. The van der Waals surface area contributed by atoms with E-state index in [1.54, 1.807) is 31.2 Å². The van der Waals surface area contributed by atoms with Gasteiger partial charge in [-0.25, -0.2) is 4.39 Å². The molecule has 0 radical (unpaired) electrons. The Labute approximate surface area is 137 Å². The molecule has 7 heteroatoms. The van der Waals surface area contributed by atoms with E-state index in [9.17, 15) is 14.3 Å². The molecule has 1 unspecified atom stereocenters. The number of nitrogens with zero attached hydrogens (tertiary/aromatic N) is 3. The van der Waals surface area contributed by atoms with E-state index in [1.807, 2.05) is 0 Å². The molecule has 2 aromatic carbocycles. The van der Waals surface area contributed by atoms with Crippen LogP contribution in [0.3, 0.4) is 0 Å². The Morgan fingerprint density at radius 3 is 2.62 bits per heavy atom. The fourth-order valence-corrected chi connectivity index (χ4v) is 2.23. The Balaban J connectivity index is 1.81. The summed E-state index contributed by atoms with van der Waals surface area (Å²) in [5, 5.41) is 20.6. The third-order valence-electron chi connectivity index (χ3n) is 3.44. The molecule has 24 heavy (non-hydrogen) atoms. The highest BCUT2D eigenvalue weighted by Crippen LogP contribution is 2.22. The average Bonchev–Trinajstić information content (AvgIpc) is 3.06. The molecule has 6 nitrogen and oxygen atoms in total. The first-order valence-corrected chi connectivity index (χ1v) is 7.31. The summed E-state index contributed by atoms with van der Waals surface area (Å²) >= 11 is 0. The van der Waals surface area contributed by atoms with Gasteiger partial charge in [0.15, 0.2) is 5.69 Å². The van der Waals surface area contributed by atoms with Crippen LogP contribution in [0.25, 0.3) is 5.69 Å². The Bertz CT molecular complexity index is 859. The average molecular weight is 326 g/mol. The standard InChI is InChI=1S/C17H15FN4O2/c1-11(23)14-4-2-3-5-15(14)20-17(24)16-10-19-22(21-16)13-8-6-12(18)7-9-13/h2-11,23H,1H3,(H,20,24). The van der Waals surface area contributed by atoms with Crippen molar-refractivity contribution in [2.24, 2.45) is 0 Å². The topological polar surface area (TPSA) is 80.0 Å². The lowest BCUT2D eigenvalue weighted by molar-refractivity contribution is 0.102. The smallest absolute Gasteiger partial charge is 0.277 e. The van der Waals surface area contributed by atoms with Crippen molar-refractivity contribution in [3.8, 4) is 5.69 Å². The second kappa shape index (κ2) is 6.59. The van der Waals surface area contributed by atoms with Crippen LogP contribution in [0.4, 0.5) is 10.1 Å². The van der Waals surface area contributed by atoms with Gasteiger partial charge >= 0.3 is 0 Å². The predicted molar refractivity (Wildman–Crippen MR) is 86.3 cm³/mol. The largest absolute Gasteiger partial charge is 0.389 e. The lowest BCUT2D eigenvalue weighted by Crippen LogP contribution is -2.15. The van der Waals surface area contributed by atoms with Gasteiger partial charge in [-0.05, 0) is 37.3 Å². The van der Waals surface area contributed by atoms with E-state index in [2.05, 4.69) is 15.5 Å². The summed E-state index contributed by atoms with van der Waals surface area (Å²) in [6.07, 6.45) is 0.611. The zero-order valence-electron chi connectivity index (χ0n) is 12.8. The SMILES string of the molecule is CC(O)c1ccccc1NC(=O)c1cnn(-c2ccc(F)cc2)n1. The molecular weight excluding hydrogens is 311 g/mol. The van der Waals surface area contributed by atoms with E-state index in [1.165, 1.54) is 35.3 Å². The van der Waals surface area contributed by atoms with E-state index in [0.29, 0.717) is 16.9 Å². The van der Waals surface area contributed by atoms with Crippen LogP contribution in [0.15, 0.2) is 54.7 Å². The molecule has 3 aromatic rings. The quantitative estimate of drug-likeness (QED) is 0.772. The zero-order chi connectivity index (χ0) is 17.1. The minimum atomic E-state index is -0.712. The van der Waals surface area contributed by atoms with Gasteiger partial charge in [0, 0.05) is 11.3 Å². The Hall–Kier alpha value is -3.06. The summed E-state index contributed by atoms with van der Waals surface area (Å²) in [6, 6.07) is 12.6. The molecule has 0 aliphatic carbocycles. The second-order valence-electron chi connectivity index (χ2n) is 5.21. The van der Waals surface area contributed by atoms with E-state index in [-0.39, 0.29) is 11.5 Å². The van der Waals surface area contributed by atoms with Crippen molar-refractivity contribution in [1.82, 2.24) is 15.0 Å². The minimum Gasteiger partial charge on any atom is -0.389 e. The van der Waals surface area contributed by atoms with E-state index < -0.39 is 12.0 Å². The molecule has 2 N–H and O–H groups in total. The highest BCUT2D eigenvalue weighted by molar-refractivity contribution is 6.03. The zero-order valence-corrected chi connectivity index (χ0v) is 12.8. The van der Waals surface area contributed by atoms with Gasteiger partial charge in [0.05, 0.1) is 18.0 Å².